The van der Waals surface area contributed by atoms with E-state index in [0.717, 1.165) is 57.0 Å². The fraction of sp³-hybridized carbons (Fsp3) is 0.0303. The number of nitrogens with zero attached hydrogens (tertiary/aromatic N) is 2. The minimum Gasteiger partial charge on any atom is -0.334 e. The number of benzene rings is 10. The van der Waals surface area contributed by atoms with E-state index < -0.39 is 0 Å². The van der Waals surface area contributed by atoms with E-state index in [1.807, 2.05) is 0 Å². The highest BCUT2D eigenvalue weighted by Crippen LogP contribution is 2.47. The van der Waals surface area contributed by atoms with Crippen molar-refractivity contribution >= 4 is 34.0 Å². The number of hydrogen-bond acceptors (Lipinski definition) is 2. The first kappa shape index (κ1) is 41.9. The zero-order chi connectivity index (χ0) is 45.5. The van der Waals surface area contributed by atoms with Crippen molar-refractivity contribution < 1.29 is 0 Å². The lowest BCUT2D eigenvalue weighted by Gasteiger charge is -2.33. The molecule has 2 nitrogen and oxygen atoms in total. The van der Waals surface area contributed by atoms with Crippen LogP contribution in [0.2, 0.25) is 0 Å². The summed E-state index contributed by atoms with van der Waals surface area (Å²) in [6, 6.07) is 96.6. The Hall–Kier alpha value is -8.72. The zero-order valence-corrected chi connectivity index (χ0v) is 37.8. The molecule has 0 saturated carbocycles. The molecule has 1 atom stereocenters. The Morgan fingerprint density at radius 1 is 0.294 bits per heavy atom. The molecule has 0 aromatic heterocycles. The molecule has 0 aliphatic heterocycles. The third-order valence-electron chi connectivity index (χ3n) is 13.0. The van der Waals surface area contributed by atoms with Crippen molar-refractivity contribution in [2.45, 2.75) is 12.5 Å². The summed E-state index contributed by atoms with van der Waals surface area (Å²) in [6.45, 7) is 0. The van der Waals surface area contributed by atoms with Crippen LogP contribution in [0.5, 0.6) is 0 Å². The highest BCUT2D eigenvalue weighted by Gasteiger charge is 2.24. The summed E-state index contributed by atoms with van der Waals surface area (Å²) in [5, 5.41) is 0. The topological polar surface area (TPSA) is 6.48 Å². The number of allylic oxidation sites excluding steroid dienone is 2. The van der Waals surface area contributed by atoms with Crippen molar-refractivity contribution in [1.29, 1.82) is 0 Å². The quantitative estimate of drug-likeness (QED) is 0.121. The maximum atomic E-state index is 2.47. The van der Waals surface area contributed by atoms with E-state index in [1.54, 1.807) is 0 Å². The number of hydrogen-bond donors (Lipinski definition) is 0. The summed E-state index contributed by atoms with van der Waals surface area (Å²) >= 11 is 0. The Morgan fingerprint density at radius 2 is 0.647 bits per heavy atom. The van der Waals surface area contributed by atoms with E-state index in [-0.39, 0.29) is 6.04 Å². The molecule has 0 N–H and O–H groups in total. The zero-order valence-electron chi connectivity index (χ0n) is 37.8. The second-order valence-electron chi connectivity index (χ2n) is 17.2. The van der Waals surface area contributed by atoms with E-state index in [2.05, 4.69) is 295 Å². The number of rotatable bonds is 12. The molecule has 324 valence electrons. The maximum Gasteiger partial charge on any atom is 0.0560 e. The number of anilines is 5. The molecule has 1 aliphatic rings. The lowest BCUT2D eigenvalue weighted by Crippen LogP contribution is -2.30. The van der Waals surface area contributed by atoms with Crippen LogP contribution in [0.3, 0.4) is 0 Å². The molecule has 0 heterocycles. The van der Waals surface area contributed by atoms with E-state index in [1.165, 1.54) is 44.6 Å². The van der Waals surface area contributed by atoms with Crippen LogP contribution in [0.15, 0.2) is 285 Å². The van der Waals surface area contributed by atoms with Gasteiger partial charge in [0.2, 0.25) is 0 Å². The molecule has 0 spiro atoms. The van der Waals surface area contributed by atoms with E-state index in [0.29, 0.717) is 0 Å². The van der Waals surface area contributed by atoms with Crippen molar-refractivity contribution in [3.63, 3.8) is 0 Å². The maximum absolute atomic E-state index is 2.47. The Kier molecular flexibility index (Phi) is 12.0. The molecule has 10 aromatic carbocycles. The van der Waals surface area contributed by atoms with Gasteiger partial charge in [-0.25, -0.2) is 0 Å². The van der Waals surface area contributed by atoms with Gasteiger partial charge in [-0.3, -0.25) is 0 Å². The number of para-hydroxylation sites is 1. The smallest absolute Gasteiger partial charge is 0.0560 e. The molecule has 1 aliphatic carbocycles. The molecule has 0 radical (unpaired) electrons. The molecule has 0 bridgehead atoms. The highest BCUT2D eigenvalue weighted by atomic mass is 15.2. The van der Waals surface area contributed by atoms with Crippen LogP contribution in [0.4, 0.5) is 28.4 Å². The summed E-state index contributed by atoms with van der Waals surface area (Å²) in [5.41, 5.74) is 19.8. The standard InChI is InChI=1S/C66H50N2/c1-7-19-49(20-8-1)52-31-39-59(40-32-52)67(58-29-17-6-18-30-58)60-45-37-57(38-46-60)66-64(55-25-13-4-14-26-55)47-63(48-65(66)56-27-15-5-16-28-56)68(61-41-33-53(34-42-61)50-21-9-2-10-22-50)62-43-35-54(36-44-62)51-23-11-3-12-24-51/h1-39,41-48,59H,40H2. The van der Waals surface area contributed by atoms with Gasteiger partial charge in [0.1, 0.15) is 0 Å². The van der Waals surface area contributed by atoms with Gasteiger partial charge < -0.3 is 9.80 Å². The molecule has 11 rings (SSSR count). The van der Waals surface area contributed by atoms with Gasteiger partial charge in [-0.2, -0.15) is 0 Å². The van der Waals surface area contributed by atoms with Crippen molar-refractivity contribution in [1.82, 2.24) is 0 Å². The minimum atomic E-state index is 0.157. The minimum absolute atomic E-state index is 0.157. The van der Waals surface area contributed by atoms with Crippen molar-refractivity contribution in [3.05, 3.63) is 291 Å². The SMILES string of the molecule is C1=CC(N(c2ccccc2)c2ccc(-c3c(-c4ccccc4)cc(N(c4ccc(-c5ccccc5)cc4)c4ccc(-c5ccccc5)cc4)cc3-c3ccccc3)cc2)CC=C1c1ccccc1. The molecule has 0 saturated heterocycles. The molecule has 68 heavy (non-hydrogen) atoms. The molecule has 0 amide bonds. The summed E-state index contributed by atoms with van der Waals surface area (Å²) in [7, 11) is 0. The lowest BCUT2D eigenvalue weighted by molar-refractivity contribution is 0.787. The fourth-order valence-corrected chi connectivity index (χ4v) is 9.63. The van der Waals surface area contributed by atoms with Crippen LogP contribution in [-0.2, 0) is 0 Å². The Morgan fingerprint density at radius 3 is 1.07 bits per heavy atom. The summed E-state index contributed by atoms with van der Waals surface area (Å²) in [4.78, 5) is 4.88. The third kappa shape index (κ3) is 8.84. The Balaban J connectivity index is 1.05. The normalized spacial score (nSPS) is 13.1. The molecular formula is C66H50N2. The summed E-state index contributed by atoms with van der Waals surface area (Å²) in [6.07, 6.45) is 7.92. The highest BCUT2D eigenvalue weighted by molar-refractivity contribution is 5.99. The van der Waals surface area contributed by atoms with Crippen molar-refractivity contribution in [3.8, 4) is 55.6 Å². The van der Waals surface area contributed by atoms with E-state index in [9.17, 15) is 0 Å². The summed E-state index contributed by atoms with van der Waals surface area (Å²) < 4.78 is 0. The van der Waals surface area contributed by atoms with Gasteiger partial charge in [-0.15, -0.1) is 0 Å². The van der Waals surface area contributed by atoms with Crippen LogP contribution in [-0.4, -0.2) is 6.04 Å². The van der Waals surface area contributed by atoms with Crippen molar-refractivity contribution in [2.75, 3.05) is 9.80 Å². The largest absolute Gasteiger partial charge is 0.334 e. The van der Waals surface area contributed by atoms with Crippen LogP contribution in [0.25, 0.3) is 61.2 Å². The van der Waals surface area contributed by atoms with Gasteiger partial charge in [0.05, 0.1) is 6.04 Å². The van der Waals surface area contributed by atoms with Crippen LogP contribution in [0, 0.1) is 0 Å². The van der Waals surface area contributed by atoms with Crippen LogP contribution >= 0.6 is 0 Å². The fourth-order valence-electron chi connectivity index (χ4n) is 9.63. The van der Waals surface area contributed by atoms with Gasteiger partial charge in [-0.05, 0) is 134 Å². The molecule has 10 aromatic rings. The molecule has 2 heteroatoms. The van der Waals surface area contributed by atoms with Gasteiger partial charge in [0.15, 0.2) is 0 Å². The van der Waals surface area contributed by atoms with Crippen LogP contribution in [0.1, 0.15) is 12.0 Å². The van der Waals surface area contributed by atoms with Crippen LogP contribution < -0.4 is 9.80 Å². The monoisotopic (exact) mass is 870 g/mol. The Labute approximate surface area is 400 Å². The van der Waals surface area contributed by atoms with Crippen molar-refractivity contribution in [2.24, 2.45) is 0 Å². The third-order valence-corrected chi connectivity index (χ3v) is 13.0. The van der Waals surface area contributed by atoms with Gasteiger partial charge in [0.25, 0.3) is 0 Å². The van der Waals surface area contributed by atoms with Gasteiger partial charge >= 0.3 is 0 Å². The average molecular weight is 871 g/mol. The second kappa shape index (κ2) is 19.4. The van der Waals surface area contributed by atoms with E-state index >= 15 is 0 Å². The Bertz CT molecular complexity index is 3150. The second-order valence-corrected chi connectivity index (χ2v) is 17.2. The molecule has 0 fully saturated rings. The predicted molar refractivity (Wildman–Crippen MR) is 289 cm³/mol. The average Bonchev–Trinajstić information content (AvgIpc) is 3.43. The summed E-state index contributed by atoms with van der Waals surface area (Å²) in [5.74, 6) is 0. The first-order valence-corrected chi connectivity index (χ1v) is 23.5. The van der Waals surface area contributed by atoms with Gasteiger partial charge in [0, 0.05) is 28.4 Å². The first-order valence-electron chi connectivity index (χ1n) is 23.5. The van der Waals surface area contributed by atoms with E-state index in [4.69, 9.17) is 0 Å². The molecular weight excluding hydrogens is 821 g/mol. The molecule has 1 unspecified atom stereocenters. The predicted octanol–water partition coefficient (Wildman–Crippen LogP) is 18.0. The first-order chi connectivity index (χ1) is 33.7. The lowest BCUT2D eigenvalue weighted by atomic mass is 9.86. The van der Waals surface area contributed by atoms with Gasteiger partial charge in [-0.1, -0.05) is 224 Å².